The van der Waals surface area contributed by atoms with Crippen molar-refractivity contribution < 1.29 is 9.53 Å². The van der Waals surface area contributed by atoms with Gasteiger partial charge in [-0.3, -0.25) is 0 Å². The highest BCUT2D eigenvalue weighted by Crippen LogP contribution is 2.19. The van der Waals surface area contributed by atoms with Gasteiger partial charge in [-0.25, -0.2) is 4.79 Å². The van der Waals surface area contributed by atoms with Crippen LogP contribution in [0.1, 0.15) is 22.8 Å². The molecule has 0 aliphatic carbocycles. The summed E-state index contributed by atoms with van der Waals surface area (Å²) in [5.74, 6) is -0.318. The Balaban J connectivity index is 2.58. The van der Waals surface area contributed by atoms with E-state index in [2.05, 4.69) is 51.9 Å². The third kappa shape index (κ3) is 4.93. The van der Waals surface area contributed by atoms with Gasteiger partial charge in [-0.2, -0.15) is 0 Å². The number of nitrogens with zero attached hydrogens (tertiary/aromatic N) is 1. The predicted molar refractivity (Wildman–Crippen MR) is 80.3 cm³/mol. The number of nitrogens with one attached hydrogen (secondary N) is 1. The van der Waals surface area contributed by atoms with Crippen LogP contribution in [0, 0.1) is 0 Å². The van der Waals surface area contributed by atoms with Crippen LogP contribution in [0.3, 0.4) is 0 Å². The van der Waals surface area contributed by atoms with Gasteiger partial charge < -0.3 is 15.0 Å². The quantitative estimate of drug-likeness (QED) is 0.813. The van der Waals surface area contributed by atoms with Crippen molar-refractivity contribution in [2.24, 2.45) is 0 Å². The zero-order valence-corrected chi connectivity index (χ0v) is 13.5. The molecule has 0 aliphatic rings. The van der Waals surface area contributed by atoms with Gasteiger partial charge in [0.25, 0.3) is 0 Å². The molecule has 0 bridgehead atoms. The van der Waals surface area contributed by atoms with Crippen LogP contribution >= 0.6 is 15.9 Å². The molecule has 0 aliphatic heterocycles. The Kier molecular flexibility index (Phi) is 6.48. The SMILES string of the molecule is COC(=O)c1ccc(CNCC(C)N(C)C)c(Br)c1. The first-order valence-corrected chi connectivity index (χ1v) is 6.99. The van der Waals surface area contributed by atoms with Gasteiger partial charge in [-0.1, -0.05) is 22.0 Å². The first-order chi connectivity index (χ1) is 8.95. The standard InChI is InChI=1S/C14H21BrN2O2/c1-10(17(2)3)8-16-9-12-6-5-11(7-13(12)15)14(18)19-4/h5-7,10,16H,8-9H2,1-4H3. The maximum Gasteiger partial charge on any atom is 0.337 e. The van der Waals surface area contributed by atoms with Crippen LogP contribution in [0.4, 0.5) is 0 Å². The Morgan fingerprint density at radius 2 is 2.16 bits per heavy atom. The highest BCUT2D eigenvalue weighted by molar-refractivity contribution is 9.10. The lowest BCUT2D eigenvalue weighted by atomic mass is 10.1. The normalized spacial score (nSPS) is 12.5. The molecule has 106 valence electrons. The van der Waals surface area contributed by atoms with Crippen molar-refractivity contribution >= 4 is 21.9 Å². The number of esters is 1. The van der Waals surface area contributed by atoms with E-state index in [-0.39, 0.29) is 5.97 Å². The Labute approximate surface area is 123 Å². The third-order valence-electron chi connectivity index (χ3n) is 3.11. The number of ether oxygens (including phenoxy) is 1. The van der Waals surface area contributed by atoms with Gasteiger partial charge in [0.15, 0.2) is 0 Å². The second-order valence-corrected chi connectivity index (χ2v) is 5.60. The predicted octanol–water partition coefficient (Wildman–Crippen LogP) is 2.28. The summed E-state index contributed by atoms with van der Waals surface area (Å²) >= 11 is 3.48. The second kappa shape index (κ2) is 7.62. The minimum atomic E-state index is -0.318. The average molecular weight is 329 g/mol. The monoisotopic (exact) mass is 328 g/mol. The van der Waals surface area contributed by atoms with E-state index < -0.39 is 0 Å². The Hall–Kier alpha value is -0.910. The van der Waals surface area contributed by atoms with E-state index in [1.165, 1.54) is 7.11 Å². The molecule has 0 amide bonds. The summed E-state index contributed by atoms with van der Waals surface area (Å²) in [6, 6.07) is 5.98. The minimum Gasteiger partial charge on any atom is -0.465 e. The fourth-order valence-corrected chi connectivity index (χ4v) is 2.05. The largest absolute Gasteiger partial charge is 0.465 e. The van der Waals surface area contributed by atoms with Crippen LogP contribution in [0.2, 0.25) is 0 Å². The van der Waals surface area contributed by atoms with Gasteiger partial charge in [0.2, 0.25) is 0 Å². The highest BCUT2D eigenvalue weighted by atomic mass is 79.9. The summed E-state index contributed by atoms with van der Waals surface area (Å²) < 4.78 is 5.61. The molecule has 0 fully saturated rings. The van der Waals surface area contributed by atoms with Crippen molar-refractivity contribution in [3.8, 4) is 0 Å². The van der Waals surface area contributed by atoms with E-state index in [0.29, 0.717) is 11.6 Å². The molecule has 1 aromatic rings. The number of carbonyl (C=O) groups is 1. The number of hydrogen-bond acceptors (Lipinski definition) is 4. The first kappa shape index (κ1) is 16.1. The first-order valence-electron chi connectivity index (χ1n) is 6.19. The Morgan fingerprint density at radius 3 is 2.68 bits per heavy atom. The van der Waals surface area contributed by atoms with Crippen LogP contribution in [-0.2, 0) is 11.3 Å². The molecule has 19 heavy (non-hydrogen) atoms. The van der Waals surface area contributed by atoms with Crippen LogP contribution in [0.15, 0.2) is 22.7 Å². The van der Waals surface area contributed by atoms with Crippen molar-refractivity contribution in [2.45, 2.75) is 19.5 Å². The summed E-state index contributed by atoms with van der Waals surface area (Å²) in [5.41, 5.74) is 1.68. The van der Waals surface area contributed by atoms with Gasteiger partial charge in [-0.05, 0) is 38.7 Å². The molecule has 1 rings (SSSR count). The minimum absolute atomic E-state index is 0.318. The molecule has 0 spiro atoms. The van der Waals surface area contributed by atoms with Gasteiger partial charge >= 0.3 is 5.97 Å². The molecule has 1 unspecified atom stereocenters. The smallest absolute Gasteiger partial charge is 0.337 e. The lowest BCUT2D eigenvalue weighted by Crippen LogP contribution is -2.35. The number of methoxy groups -OCH3 is 1. The zero-order chi connectivity index (χ0) is 14.4. The molecule has 5 heteroatoms. The zero-order valence-electron chi connectivity index (χ0n) is 11.9. The molecule has 1 N–H and O–H groups in total. The number of benzene rings is 1. The molecule has 0 aromatic heterocycles. The van der Waals surface area contributed by atoms with Crippen molar-refractivity contribution in [3.05, 3.63) is 33.8 Å². The van der Waals surface area contributed by atoms with Gasteiger partial charge in [0, 0.05) is 23.6 Å². The molecule has 0 radical (unpaired) electrons. The van der Waals surface area contributed by atoms with Crippen molar-refractivity contribution in [1.82, 2.24) is 10.2 Å². The maximum absolute atomic E-state index is 11.4. The van der Waals surface area contributed by atoms with Crippen molar-refractivity contribution in [3.63, 3.8) is 0 Å². The number of hydrogen-bond donors (Lipinski definition) is 1. The highest BCUT2D eigenvalue weighted by Gasteiger charge is 2.09. The van der Waals surface area contributed by atoms with Gasteiger partial charge in [0.05, 0.1) is 12.7 Å². The second-order valence-electron chi connectivity index (χ2n) is 4.74. The van der Waals surface area contributed by atoms with Crippen LogP contribution < -0.4 is 5.32 Å². The van der Waals surface area contributed by atoms with Gasteiger partial charge in [-0.15, -0.1) is 0 Å². The van der Waals surface area contributed by atoms with E-state index in [9.17, 15) is 4.79 Å². The lowest BCUT2D eigenvalue weighted by Gasteiger charge is -2.20. The molecule has 1 aromatic carbocycles. The molecule has 4 nitrogen and oxygen atoms in total. The molecular weight excluding hydrogens is 308 g/mol. The maximum atomic E-state index is 11.4. The summed E-state index contributed by atoms with van der Waals surface area (Å²) in [6.07, 6.45) is 0. The molecule has 1 atom stereocenters. The summed E-state index contributed by atoms with van der Waals surface area (Å²) in [6.45, 7) is 3.85. The summed E-state index contributed by atoms with van der Waals surface area (Å²) in [4.78, 5) is 13.6. The fourth-order valence-electron chi connectivity index (χ4n) is 1.53. The Bertz CT molecular complexity index is 435. The molecule has 0 heterocycles. The average Bonchev–Trinajstić information content (AvgIpc) is 2.39. The number of likely N-dealkylation sites (N-methyl/N-ethyl adjacent to an activating group) is 1. The lowest BCUT2D eigenvalue weighted by molar-refractivity contribution is 0.0600. The van der Waals surface area contributed by atoms with Crippen LogP contribution in [0.25, 0.3) is 0 Å². The number of rotatable bonds is 6. The third-order valence-corrected chi connectivity index (χ3v) is 3.85. The van der Waals surface area contributed by atoms with Crippen LogP contribution in [0.5, 0.6) is 0 Å². The Morgan fingerprint density at radius 1 is 1.47 bits per heavy atom. The summed E-state index contributed by atoms with van der Waals surface area (Å²) in [7, 11) is 5.51. The van der Waals surface area contributed by atoms with Gasteiger partial charge in [0.1, 0.15) is 0 Å². The molecule has 0 saturated carbocycles. The van der Waals surface area contributed by atoms with E-state index in [0.717, 1.165) is 23.1 Å². The molecule has 0 saturated heterocycles. The topological polar surface area (TPSA) is 41.6 Å². The van der Waals surface area contributed by atoms with E-state index in [1.807, 2.05) is 6.07 Å². The van der Waals surface area contributed by atoms with Crippen molar-refractivity contribution in [2.75, 3.05) is 27.7 Å². The van der Waals surface area contributed by atoms with Crippen molar-refractivity contribution in [1.29, 1.82) is 0 Å². The fraction of sp³-hybridized carbons (Fsp3) is 0.500. The van der Waals surface area contributed by atoms with Crippen LogP contribution in [-0.4, -0.2) is 44.7 Å². The van der Waals surface area contributed by atoms with E-state index >= 15 is 0 Å². The number of carbonyl (C=O) groups excluding carboxylic acids is 1. The molecular formula is C14H21BrN2O2. The van der Waals surface area contributed by atoms with E-state index in [4.69, 9.17) is 0 Å². The van der Waals surface area contributed by atoms with E-state index in [1.54, 1.807) is 12.1 Å². The number of halogens is 1. The summed E-state index contributed by atoms with van der Waals surface area (Å²) in [5, 5.41) is 3.40.